The third kappa shape index (κ3) is 2.25. The number of aliphatic carboxylic acids is 1. The van der Waals surface area contributed by atoms with Crippen LogP contribution in [0.2, 0.25) is 0 Å². The van der Waals surface area contributed by atoms with Gasteiger partial charge in [0.15, 0.2) is 0 Å². The Bertz CT molecular complexity index is 797. The van der Waals surface area contributed by atoms with Crippen LogP contribution in [-0.4, -0.2) is 51.6 Å². The van der Waals surface area contributed by atoms with Crippen molar-refractivity contribution in [1.29, 1.82) is 0 Å². The number of amides is 1. The number of ether oxygens (including phenoxy) is 2. The predicted molar refractivity (Wildman–Crippen MR) is 73.2 cm³/mol. The van der Waals surface area contributed by atoms with Crippen molar-refractivity contribution in [3.8, 4) is 0 Å². The van der Waals surface area contributed by atoms with Crippen LogP contribution in [0.3, 0.4) is 0 Å². The van der Waals surface area contributed by atoms with E-state index in [0.29, 0.717) is 10.4 Å². The summed E-state index contributed by atoms with van der Waals surface area (Å²) in [5.41, 5.74) is -1.85. The minimum atomic E-state index is -2.26. The number of carboxylic acid groups (broad SMARTS) is 2. The molecule has 1 aromatic heterocycles. The van der Waals surface area contributed by atoms with Gasteiger partial charge in [-0.05, 0) is 5.56 Å². The van der Waals surface area contributed by atoms with Crippen LogP contribution in [0.25, 0.3) is 0 Å². The zero-order valence-electron chi connectivity index (χ0n) is 11.7. The first-order valence-corrected chi connectivity index (χ1v) is 7.41. The fourth-order valence-corrected chi connectivity index (χ4v) is 3.55. The van der Waals surface area contributed by atoms with Crippen LogP contribution in [0.15, 0.2) is 5.38 Å². The average Bonchev–Trinajstić information content (AvgIpc) is 2.96. The van der Waals surface area contributed by atoms with Gasteiger partial charge in [-0.2, -0.15) is 0 Å². The third-order valence-electron chi connectivity index (χ3n) is 3.74. The standard InChI is InChI=1S/C13H9NO9S/c15-8-9(16)14-13(8,23-12(21)11(19)20)7-1-4-5(10(17)18)3-24-6(4)2-22-7/h3,7H,1-2H2,(H,14,16)(H,17,18)(H,19,20). The van der Waals surface area contributed by atoms with E-state index >= 15 is 0 Å². The summed E-state index contributed by atoms with van der Waals surface area (Å²) in [5.74, 6) is -7.05. The number of thiophene rings is 1. The van der Waals surface area contributed by atoms with Gasteiger partial charge in [-0.15, -0.1) is 11.3 Å². The molecular weight excluding hydrogens is 346 g/mol. The fourth-order valence-electron chi connectivity index (χ4n) is 2.57. The molecule has 2 aliphatic heterocycles. The monoisotopic (exact) mass is 355 g/mol. The van der Waals surface area contributed by atoms with Crippen LogP contribution in [0.1, 0.15) is 20.8 Å². The van der Waals surface area contributed by atoms with E-state index in [0.717, 1.165) is 11.3 Å². The molecule has 10 nitrogen and oxygen atoms in total. The van der Waals surface area contributed by atoms with Gasteiger partial charge in [0.25, 0.3) is 17.4 Å². The highest BCUT2D eigenvalue weighted by Gasteiger charge is 2.63. The summed E-state index contributed by atoms with van der Waals surface area (Å²) in [6.07, 6.45) is -1.37. The highest BCUT2D eigenvalue weighted by Crippen LogP contribution is 2.36. The maximum absolute atomic E-state index is 11.9. The smallest absolute Gasteiger partial charge is 0.419 e. The number of aromatic carboxylic acids is 1. The molecule has 24 heavy (non-hydrogen) atoms. The maximum Gasteiger partial charge on any atom is 0.419 e. The highest BCUT2D eigenvalue weighted by molar-refractivity contribution is 7.10. The van der Waals surface area contributed by atoms with Crippen molar-refractivity contribution in [3.63, 3.8) is 0 Å². The van der Waals surface area contributed by atoms with Gasteiger partial charge in [-0.1, -0.05) is 0 Å². The maximum atomic E-state index is 11.9. The van der Waals surface area contributed by atoms with E-state index in [1.165, 1.54) is 5.38 Å². The normalized spacial score (nSPS) is 25.2. The van der Waals surface area contributed by atoms with Gasteiger partial charge in [0.2, 0.25) is 0 Å². The lowest BCUT2D eigenvalue weighted by Gasteiger charge is -2.44. The zero-order chi connectivity index (χ0) is 17.6. The number of fused-ring (bicyclic) bond motifs is 1. The number of Topliss-reactive ketones (excluding diaryl/α,β-unsaturated/α-hetero) is 1. The highest BCUT2D eigenvalue weighted by atomic mass is 32.1. The summed E-state index contributed by atoms with van der Waals surface area (Å²) >= 11 is 1.16. The number of nitrogens with one attached hydrogen (secondary N) is 1. The topological polar surface area (TPSA) is 156 Å². The Morgan fingerprint density at radius 1 is 1.33 bits per heavy atom. The molecule has 0 radical (unpaired) electrons. The lowest BCUT2D eigenvalue weighted by atomic mass is 9.86. The quantitative estimate of drug-likeness (QED) is 0.348. The van der Waals surface area contributed by atoms with Gasteiger partial charge in [0, 0.05) is 16.7 Å². The Morgan fingerprint density at radius 2 is 2.04 bits per heavy atom. The first kappa shape index (κ1) is 16.1. The predicted octanol–water partition coefficient (Wildman–Crippen LogP) is -1.09. The molecule has 0 aromatic carbocycles. The van der Waals surface area contributed by atoms with Crippen molar-refractivity contribution in [2.45, 2.75) is 24.9 Å². The molecule has 2 aliphatic rings. The van der Waals surface area contributed by atoms with E-state index in [1.807, 2.05) is 0 Å². The summed E-state index contributed by atoms with van der Waals surface area (Å²) in [7, 11) is 0. The zero-order valence-corrected chi connectivity index (χ0v) is 12.5. The number of β-lactam (4-membered cyclic amide) rings is 1. The molecule has 1 fully saturated rings. The van der Waals surface area contributed by atoms with Crippen LogP contribution in [-0.2, 0) is 41.7 Å². The molecular formula is C13H9NO9S. The van der Waals surface area contributed by atoms with Gasteiger partial charge in [-0.3, -0.25) is 9.59 Å². The Balaban J connectivity index is 1.93. The Hall–Kier alpha value is -2.79. The van der Waals surface area contributed by atoms with Crippen LogP contribution in [0, 0.1) is 0 Å². The molecule has 0 saturated carbocycles. The SMILES string of the molecule is O=C(O)C(=O)OC1(C2Cc3c(C(=O)O)csc3CO2)NC(=O)C1=O. The Morgan fingerprint density at radius 3 is 2.58 bits per heavy atom. The second kappa shape index (κ2) is 5.39. The largest absolute Gasteiger partial charge is 0.478 e. The number of carboxylic acids is 2. The van der Waals surface area contributed by atoms with Crippen LogP contribution in [0.5, 0.6) is 0 Å². The lowest BCUT2D eigenvalue weighted by Crippen LogP contribution is -2.78. The van der Waals surface area contributed by atoms with Crippen molar-refractivity contribution < 1.29 is 43.7 Å². The van der Waals surface area contributed by atoms with Crippen molar-refractivity contribution in [3.05, 3.63) is 21.4 Å². The molecule has 1 aromatic rings. The summed E-state index contributed by atoms with van der Waals surface area (Å²) < 4.78 is 10.1. The van der Waals surface area contributed by atoms with Crippen molar-refractivity contribution in [2.24, 2.45) is 0 Å². The number of carbonyl (C=O) groups is 5. The summed E-state index contributed by atoms with van der Waals surface area (Å²) in [4.78, 5) is 57.1. The van der Waals surface area contributed by atoms with Crippen LogP contribution in [0.4, 0.5) is 0 Å². The van der Waals surface area contributed by atoms with E-state index < -0.39 is 41.4 Å². The molecule has 2 unspecified atom stereocenters. The lowest BCUT2D eigenvalue weighted by molar-refractivity contribution is -0.211. The minimum absolute atomic E-state index is 0.0149. The average molecular weight is 355 g/mol. The van der Waals surface area contributed by atoms with Gasteiger partial charge in [0.05, 0.1) is 12.2 Å². The second-order valence-corrected chi connectivity index (χ2v) is 6.04. The Labute approximate surface area is 137 Å². The summed E-state index contributed by atoms with van der Waals surface area (Å²) in [6.45, 7) is -0.0620. The van der Waals surface area contributed by atoms with E-state index in [9.17, 15) is 24.0 Å². The van der Waals surface area contributed by atoms with Crippen molar-refractivity contribution >= 4 is 40.9 Å². The number of esters is 1. The molecule has 0 bridgehead atoms. The fraction of sp³-hybridized carbons (Fsp3) is 0.308. The third-order valence-corrected chi connectivity index (χ3v) is 4.74. The van der Waals surface area contributed by atoms with Gasteiger partial charge < -0.3 is 25.0 Å². The molecule has 1 amide bonds. The molecule has 0 aliphatic carbocycles. The van der Waals surface area contributed by atoms with Gasteiger partial charge in [-0.25, -0.2) is 14.4 Å². The molecule has 1 saturated heterocycles. The second-order valence-electron chi connectivity index (χ2n) is 5.07. The number of hydrogen-bond donors (Lipinski definition) is 3. The van der Waals surface area contributed by atoms with E-state index in [4.69, 9.17) is 14.9 Å². The Kier molecular flexibility index (Phi) is 3.61. The molecule has 3 N–H and O–H groups in total. The van der Waals surface area contributed by atoms with E-state index in [-0.39, 0.29) is 18.6 Å². The molecule has 0 spiro atoms. The van der Waals surface area contributed by atoms with Gasteiger partial charge in [0.1, 0.15) is 6.10 Å². The number of ketones is 1. The van der Waals surface area contributed by atoms with E-state index in [2.05, 4.69) is 10.1 Å². The molecule has 11 heteroatoms. The van der Waals surface area contributed by atoms with Crippen LogP contribution < -0.4 is 5.32 Å². The van der Waals surface area contributed by atoms with Crippen LogP contribution >= 0.6 is 11.3 Å². The number of carbonyl (C=O) groups excluding carboxylic acids is 3. The van der Waals surface area contributed by atoms with E-state index in [1.54, 1.807) is 0 Å². The first-order chi connectivity index (χ1) is 11.3. The molecule has 2 atom stereocenters. The van der Waals surface area contributed by atoms with Crippen molar-refractivity contribution in [2.75, 3.05) is 0 Å². The van der Waals surface area contributed by atoms with Crippen molar-refractivity contribution in [1.82, 2.24) is 5.32 Å². The first-order valence-electron chi connectivity index (χ1n) is 6.53. The van der Waals surface area contributed by atoms with Gasteiger partial charge >= 0.3 is 17.9 Å². The minimum Gasteiger partial charge on any atom is -0.478 e. The summed E-state index contributed by atoms with van der Waals surface area (Å²) in [5, 5.41) is 21.3. The summed E-state index contributed by atoms with van der Waals surface area (Å²) in [6, 6.07) is 0. The molecule has 3 heterocycles. The molecule has 126 valence electrons. The molecule has 3 rings (SSSR count). The number of hydrogen-bond acceptors (Lipinski definition) is 8. The number of rotatable bonds is 3.